The third-order valence-electron chi connectivity index (χ3n) is 6.23. The highest BCUT2D eigenvalue weighted by Crippen LogP contribution is 2.32. The Morgan fingerprint density at radius 2 is 1.77 bits per heavy atom. The van der Waals surface area contributed by atoms with Gasteiger partial charge in [0.1, 0.15) is 0 Å². The molecule has 0 unspecified atom stereocenters. The first kappa shape index (κ1) is 21.6. The highest BCUT2D eigenvalue weighted by molar-refractivity contribution is 7.99. The molecule has 3 aromatic rings. The third-order valence-corrected chi connectivity index (χ3v) is 7.18. The van der Waals surface area contributed by atoms with Gasteiger partial charge in [-0.25, -0.2) is 4.68 Å². The van der Waals surface area contributed by atoms with E-state index in [9.17, 15) is 4.79 Å². The van der Waals surface area contributed by atoms with Crippen LogP contribution in [0.25, 0.3) is 0 Å². The normalized spacial score (nSPS) is 15.6. The Kier molecular flexibility index (Phi) is 7.07. The first-order chi connectivity index (χ1) is 15.1. The number of nitrogens with zero attached hydrogens (tertiary/aromatic N) is 3. The molecule has 0 radical (unpaired) electrons. The number of hydrogen-bond acceptors (Lipinski definition) is 5. The molecule has 1 aromatic heterocycles. The van der Waals surface area contributed by atoms with Crippen LogP contribution >= 0.6 is 11.8 Å². The van der Waals surface area contributed by atoms with Crippen LogP contribution in [0.2, 0.25) is 0 Å². The zero-order chi connectivity index (χ0) is 21.6. The van der Waals surface area contributed by atoms with Crippen molar-refractivity contribution in [3.05, 3.63) is 77.1 Å². The summed E-state index contributed by atoms with van der Waals surface area (Å²) in [6.07, 6.45) is 7.20. The van der Waals surface area contributed by atoms with Gasteiger partial charge in [0, 0.05) is 12.0 Å². The summed E-state index contributed by atoms with van der Waals surface area (Å²) < 4.78 is 1.52. The van der Waals surface area contributed by atoms with Crippen molar-refractivity contribution in [3.8, 4) is 0 Å². The van der Waals surface area contributed by atoms with Gasteiger partial charge in [0.25, 0.3) is 0 Å². The van der Waals surface area contributed by atoms with Crippen LogP contribution in [0.3, 0.4) is 0 Å². The van der Waals surface area contributed by atoms with Gasteiger partial charge in [-0.2, -0.15) is 0 Å². The van der Waals surface area contributed by atoms with Crippen molar-refractivity contribution in [1.82, 2.24) is 14.9 Å². The van der Waals surface area contributed by atoms with Gasteiger partial charge in [-0.1, -0.05) is 92.5 Å². The fraction of sp³-hybridized carbons (Fsp3) is 0.400. The number of benzene rings is 2. The van der Waals surface area contributed by atoms with Gasteiger partial charge >= 0.3 is 0 Å². The van der Waals surface area contributed by atoms with E-state index < -0.39 is 0 Å². The molecule has 1 aliphatic rings. The summed E-state index contributed by atoms with van der Waals surface area (Å²) in [4.78, 5) is 12.7. The summed E-state index contributed by atoms with van der Waals surface area (Å²) in [6, 6.07) is 18.5. The molecule has 0 aliphatic heterocycles. The van der Waals surface area contributed by atoms with E-state index in [4.69, 9.17) is 5.84 Å². The molecule has 5 nitrogen and oxygen atoms in total. The van der Waals surface area contributed by atoms with Crippen LogP contribution in [0.1, 0.15) is 78.2 Å². The molecular weight excluding hydrogens is 404 g/mol. The zero-order valence-corrected chi connectivity index (χ0v) is 18.9. The van der Waals surface area contributed by atoms with Crippen LogP contribution in [0.15, 0.2) is 59.8 Å². The number of aromatic nitrogens is 3. The number of carbonyl (C=O) groups excluding carboxylic acids is 1. The Morgan fingerprint density at radius 3 is 2.48 bits per heavy atom. The van der Waals surface area contributed by atoms with Crippen molar-refractivity contribution < 1.29 is 4.79 Å². The number of carbonyl (C=O) groups is 1. The number of nitrogens with two attached hydrogens (primary N) is 1. The molecule has 1 aliphatic carbocycles. The number of Topliss-reactive ketones (excluding diaryl/α,β-unsaturated/α-hetero) is 1. The lowest BCUT2D eigenvalue weighted by atomic mass is 9.84. The van der Waals surface area contributed by atoms with Crippen LogP contribution in [-0.2, 0) is 6.42 Å². The summed E-state index contributed by atoms with van der Waals surface area (Å²) >= 11 is 1.34. The molecule has 162 valence electrons. The monoisotopic (exact) mass is 434 g/mol. The predicted octanol–water partition coefficient (Wildman–Crippen LogP) is 5.36. The standard InChI is InChI=1S/C25H30N4OS/c1-18(19-8-4-2-5-9-19)16-24-27-28-25(29(24)26)31-17-23(30)22-14-12-21(13-15-22)20-10-6-3-7-11-20/h2,4-5,8-9,12-15,18,20H,3,6-7,10-11,16-17,26H2,1H3/t18-/m0/s1. The van der Waals surface area contributed by atoms with Gasteiger partial charge in [0.05, 0.1) is 5.75 Å². The van der Waals surface area contributed by atoms with Crippen LogP contribution in [0, 0.1) is 0 Å². The number of hydrogen-bond donors (Lipinski definition) is 1. The van der Waals surface area contributed by atoms with Crippen LogP contribution in [0.5, 0.6) is 0 Å². The molecule has 4 rings (SSSR count). The minimum absolute atomic E-state index is 0.0856. The van der Waals surface area contributed by atoms with Crippen molar-refractivity contribution in [2.75, 3.05) is 11.6 Å². The molecule has 1 fully saturated rings. The Hall–Kier alpha value is -2.60. The van der Waals surface area contributed by atoms with Gasteiger partial charge in [-0.15, -0.1) is 10.2 Å². The molecule has 1 saturated carbocycles. The molecule has 0 spiro atoms. The molecule has 0 amide bonds. The van der Waals surface area contributed by atoms with E-state index >= 15 is 0 Å². The minimum Gasteiger partial charge on any atom is -0.336 e. The van der Waals surface area contributed by atoms with E-state index in [0.717, 1.165) is 11.4 Å². The maximum absolute atomic E-state index is 12.7. The van der Waals surface area contributed by atoms with Crippen molar-refractivity contribution in [2.45, 2.75) is 62.4 Å². The van der Waals surface area contributed by atoms with Crippen LogP contribution in [-0.4, -0.2) is 26.4 Å². The van der Waals surface area contributed by atoms with Crippen molar-refractivity contribution in [2.24, 2.45) is 0 Å². The second-order valence-electron chi connectivity index (χ2n) is 8.45. The molecule has 0 bridgehead atoms. The molecule has 6 heteroatoms. The lowest BCUT2D eigenvalue weighted by Gasteiger charge is -2.22. The fourth-order valence-corrected chi connectivity index (χ4v) is 5.08. The summed E-state index contributed by atoms with van der Waals surface area (Å²) in [5.74, 6) is 8.26. The van der Waals surface area contributed by atoms with E-state index in [1.54, 1.807) is 0 Å². The minimum atomic E-state index is 0.0856. The number of rotatable bonds is 8. The van der Waals surface area contributed by atoms with Gasteiger partial charge in [-0.05, 0) is 35.8 Å². The Morgan fingerprint density at radius 1 is 1.06 bits per heavy atom. The van der Waals surface area contributed by atoms with Crippen LogP contribution < -0.4 is 5.84 Å². The second-order valence-corrected chi connectivity index (χ2v) is 9.40. The lowest BCUT2D eigenvalue weighted by molar-refractivity contribution is 0.102. The average molecular weight is 435 g/mol. The average Bonchev–Trinajstić information content (AvgIpc) is 3.17. The number of nitrogen functional groups attached to an aromatic ring is 1. The maximum Gasteiger partial charge on any atom is 0.210 e. The Labute approximate surface area is 188 Å². The largest absolute Gasteiger partial charge is 0.336 e. The number of thioether (sulfide) groups is 1. The van der Waals surface area contributed by atoms with E-state index in [2.05, 4.69) is 41.4 Å². The van der Waals surface area contributed by atoms with Crippen molar-refractivity contribution in [1.29, 1.82) is 0 Å². The summed E-state index contributed by atoms with van der Waals surface area (Å²) in [7, 11) is 0. The second kappa shape index (κ2) is 10.1. The van der Waals surface area contributed by atoms with E-state index in [1.165, 1.54) is 59.7 Å². The summed E-state index contributed by atoms with van der Waals surface area (Å²) in [5, 5.41) is 9.02. The van der Waals surface area contributed by atoms with Crippen molar-refractivity contribution in [3.63, 3.8) is 0 Å². The summed E-state index contributed by atoms with van der Waals surface area (Å²) in [6.45, 7) is 2.15. The Bertz CT molecular complexity index is 994. The molecule has 31 heavy (non-hydrogen) atoms. The third kappa shape index (κ3) is 5.37. The van der Waals surface area contributed by atoms with Gasteiger partial charge in [0.15, 0.2) is 11.6 Å². The Balaban J connectivity index is 1.33. The topological polar surface area (TPSA) is 73.8 Å². The highest BCUT2D eigenvalue weighted by Gasteiger charge is 2.18. The van der Waals surface area contributed by atoms with Crippen molar-refractivity contribution >= 4 is 17.5 Å². The lowest BCUT2D eigenvalue weighted by Crippen LogP contribution is -2.16. The van der Waals surface area contributed by atoms with Gasteiger partial charge in [0.2, 0.25) is 5.16 Å². The zero-order valence-electron chi connectivity index (χ0n) is 18.0. The fourth-order valence-electron chi connectivity index (χ4n) is 4.31. The smallest absolute Gasteiger partial charge is 0.210 e. The highest BCUT2D eigenvalue weighted by atomic mass is 32.2. The van der Waals surface area contributed by atoms with Crippen LogP contribution in [0.4, 0.5) is 0 Å². The maximum atomic E-state index is 12.7. The molecule has 0 saturated heterocycles. The quantitative estimate of drug-likeness (QED) is 0.293. The molecule has 1 atom stereocenters. The molecule has 2 aromatic carbocycles. The molecular formula is C25H30N4OS. The van der Waals surface area contributed by atoms with E-state index in [1.807, 2.05) is 30.3 Å². The first-order valence-corrected chi connectivity index (χ1v) is 12.1. The van der Waals surface area contributed by atoms with E-state index in [0.29, 0.717) is 23.2 Å². The SMILES string of the molecule is C[C@@H](Cc1nnc(SCC(=O)c2ccc(C3CCCCC3)cc2)n1N)c1ccccc1. The predicted molar refractivity (Wildman–Crippen MR) is 126 cm³/mol. The first-order valence-electron chi connectivity index (χ1n) is 11.1. The number of ketones is 1. The summed E-state index contributed by atoms with van der Waals surface area (Å²) in [5.41, 5.74) is 3.35. The van der Waals surface area contributed by atoms with Gasteiger partial charge in [-0.3, -0.25) is 4.79 Å². The molecule has 1 heterocycles. The van der Waals surface area contributed by atoms with Gasteiger partial charge < -0.3 is 5.84 Å². The molecule has 2 N–H and O–H groups in total. The van der Waals surface area contributed by atoms with E-state index in [-0.39, 0.29) is 11.7 Å².